The molecule has 3 N–H and O–H groups in total. The first-order chi connectivity index (χ1) is 24.3. The predicted molar refractivity (Wildman–Crippen MR) is 201 cm³/mol. The third-order valence-corrected chi connectivity index (χ3v) is 10.1. The van der Waals surface area contributed by atoms with Crippen LogP contribution in [0.3, 0.4) is 0 Å². The molecular weight excluding hydrogens is 657 g/mol. The van der Waals surface area contributed by atoms with Gasteiger partial charge in [-0.2, -0.15) is 0 Å². The van der Waals surface area contributed by atoms with E-state index in [-0.39, 0.29) is 38.6 Å². The number of epoxide rings is 1. The molecule has 1 rings (SSSR count). The van der Waals surface area contributed by atoms with Gasteiger partial charge in [0.25, 0.3) is 0 Å². The van der Waals surface area contributed by atoms with Gasteiger partial charge in [-0.3, -0.25) is 18.6 Å². The molecule has 0 aromatic heterocycles. The summed E-state index contributed by atoms with van der Waals surface area (Å²) in [6, 6.07) is 0. The van der Waals surface area contributed by atoms with Crippen LogP contribution in [0, 0.1) is 0 Å². The van der Waals surface area contributed by atoms with E-state index < -0.39 is 26.5 Å². The van der Waals surface area contributed by atoms with Crippen molar-refractivity contribution in [3.8, 4) is 0 Å². The smallest absolute Gasteiger partial charge is 0.462 e. The minimum Gasteiger partial charge on any atom is -0.462 e. The van der Waals surface area contributed by atoms with Crippen molar-refractivity contribution in [1.29, 1.82) is 0 Å². The van der Waals surface area contributed by atoms with Gasteiger partial charge in [-0.1, -0.05) is 142 Å². The zero-order valence-electron chi connectivity index (χ0n) is 31.8. The van der Waals surface area contributed by atoms with Crippen LogP contribution < -0.4 is 5.73 Å². The van der Waals surface area contributed by atoms with Gasteiger partial charge in [-0.25, -0.2) is 4.57 Å². The van der Waals surface area contributed by atoms with Crippen LogP contribution in [0.1, 0.15) is 181 Å². The summed E-state index contributed by atoms with van der Waals surface area (Å²) in [4.78, 5) is 34.8. The minimum absolute atomic E-state index is 0.0505. The Labute approximate surface area is 304 Å². The highest BCUT2D eigenvalue weighted by molar-refractivity contribution is 7.47. The van der Waals surface area contributed by atoms with Gasteiger partial charge in [-0.15, -0.1) is 0 Å². The monoisotopic (exact) mass is 732 g/mol. The van der Waals surface area contributed by atoms with E-state index in [4.69, 9.17) is 29.0 Å². The Bertz CT molecular complexity index is 903. The number of phosphoric acid groups is 1. The maximum atomic E-state index is 12.6. The third kappa shape index (κ3) is 29.3. The summed E-state index contributed by atoms with van der Waals surface area (Å²) < 4.78 is 38.5. The second kappa shape index (κ2) is 32.4. The van der Waals surface area contributed by atoms with E-state index in [2.05, 4.69) is 26.0 Å². The van der Waals surface area contributed by atoms with Crippen LogP contribution in [0.4, 0.5) is 0 Å². The summed E-state index contributed by atoms with van der Waals surface area (Å²) in [7, 11) is -4.38. The van der Waals surface area contributed by atoms with Gasteiger partial charge in [0.05, 0.1) is 25.4 Å². The number of hydrogen-bond acceptors (Lipinski definition) is 9. The fourth-order valence-electron chi connectivity index (χ4n) is 5.93. The Morgan fingerprint density at radius 3 is 1.84 bits per heavy atom. The van der Waals surface area contributed by atoms with Gasteiger partial charge in [-0.05, 0) is 38.5 Å². The molecule has 294 valence electrons. The number of hydrogen-bond donors (Lipinski definition) is 2. The molecule has 1 fully saturated rings. The SMILES string of the molecule is CCCCC/C=C\CC1OC1CCCCCCCC(=O)O[C@H](COC(=O)CCCCCCCCCCCCCCC)COP(=O)(O)OCCN. The predicted octanol–water partition coefficient (Wildman–Crippen LogP) is 10.0. The molecule has 0 amide bonds. The second-order valence-electron chi connectivity index (χ2n) is 13.9. The standard InChI is InChI=1S/C39H74NO9P/c1-3-5-7-9-11-12-13-14-15-16-17-21-25-29-38(41)45-33-35(34-47-50(43,44)46-32-31-40)48-39(42)30-26-22-18-20-24-28-37-36(49-37)27-23-19-10-8-6-4-2/h19,23,35-37H,3-18,20-22,24-34,40H2,1-2H3,(H,43,44)/b23-19-/t35-,36?,37?/m1/s1. The Morgan fingerprint density at radius 2 is 1.24 bits per heavy atom. The highest BCUT2D eigenvalue weighted by Crippen LogP contribution is 2.43. The molecule has 10 nitrogen and oxygen atoms in total. The number of esters is 2. The first kappa shape index (κ1) is 46.7. The summed E-state index contributed by atoms with van der Waals surface area (Å²) in [5.74, 6) is -0.846. The van der Waals surface area contributed by atoms with E-state index in [0.717, 1.165) is 64.2 Å². The number of allylic oxidation sites excluding steroid dienone is 1. The van der Waals surface area contributed by atoms with Crippen LogP contribution in [0.2, 0.25) is 0 Å². The second-order valence-corrected chi connectivity index (χ2v) is 15.3. The van der Waals surface area contributed by atoms with Crippen LogP contribution in [0.5, 0.6) is 0 Å². The zero-order valence-corrected chi connectivity index (χ0v) is 32.7. The van der Waals surface area contributed by atoms with Crippen LogP contribution in [0.25, 0.3) is 0 Å². The third-order valence-electron chi connectivity index (χ3n) is 9.08. The number of phosphoric ester groups is 1. The van der Waals surface area contributed by atoms with E-state index in [9.17, 15) is 19.0 Å². The van der Waals surface area contributed by atoms with E-state index in [1.54, 1.807) is 0 Å². The molecule has 1 heterocycles. The van der Waals surface area contributed by atoms with Crippen LogP contribution in [-0.2, 0) is 37.4 Å². The van der Waals surface area contributed by atoms with E-state index in [0.29, 0.717) is 18.6 Å². The number of carbonyl (C=O) groups is 2. The number of unbranched alkanes of at least 4 members (excludes halogenated alkanes) is 19. The maximum Gasteiger partial charge on any atom is 0.472 e. The highest BCUT2D eigenvalue weighted by atomic mass is 31.2. The highest BCUT2D eigenvalue weighted by Gasteiger charge is 2.36. The van der Waals surface area contributed by atoms with E-state index in [1.807, 2.05) is 0 Å². The summed E-state index contributed by atoms with van der Waals surface area (Å²) in [5.41, 5.74) is 5.34. The van der Waals surface area contributed by atoms with Crippen LogP contribution in [-0.4, -0.2) is 61.5 Å². The molecule has 0 aliphatic carbocycles. The van der Waals surface area contributed by atoms with E-state index >= 15 is 0 Å². The first-order valence-electron chi connectivity index (χ1n) is 20.3. The normalized spacial score (nSPS) is 17.5. The molecule has 3 unspecified atom stereocenters. The molecule has 1 saturated heterocycles. The number of carbonyl (C=O) groups excluding carboxylic acids is 2. The molecule has 0 aromatic carbocycles. The number of nitrogens with two attached hydrogens (primary N) is 1. The van der Waals surface area contributed by atoms with Crippen molar-refractivity contribution in [2.45, 2.75) is 199 Å². The van der Waals surface area contributed by atoms with Gasteiger partial charge in [0.15, 0.2) is 6.10 Å². The lowest BCUT2D eigenvalue weighted by atomic mass is 10.0. The largest absolute Gasteiger partial charge is 0.472 e. The van der Waals surface area contributed by atoms with Crippen molar-refractivity contribution in [3.63, 3.8) is 0 Å². The van der Waals surface area contributed by atoms with Crippen LogP contribution in [0.15, 0.2) is 12.2 Å². The quantitative estimate of drug-likeness (QED) is 0.0208. The van der Waals surface area contributed by atoms with Crippen molar-refractivity contribution in [2.75, 3.05) is 26.4 Å². The molecule has 0 saturated carbocycles. The van der Waals surface area contributed by atoms with Gasteiger partial charge in [0, 0.05) is 19.4 Å². The van der Waals surface area contributed by atoms with Gasteiger partial charge < -0.3 is 24.8 Å². The Kier molecular flexibility index (Phi) is 30.3. The molecule has 0 radical (unpaired) electrons. The number of ether oxygens (including phenoxy) is 3. The Balaban J connectivity index is 2.21. The van der Waals surface area contributed by atoms with Crippen molar-refractivity contribution < 1.29 is 42.3 Å². The van der Waals surface area contributed by atoms with Crippen molar-refractivity contribution in [2.24, 2.45) is 5.73 Å². The van der Waals surface area contributed by atoms with Crippen LogP contribution >= 0.6 is 7.82 Å². The minimum atomic E-state index is -4.38. The summed E-state index contributed by atoms with van der Waals surface area (Å²) in [5, 5.41) is 0. The molecular formula is C39H74NO9P. The van der Waals surface area contributed by atoms with Crippen molar-refractivity contribution in [1.82, 2.24) is 0 Å². The molecule has 0 bridgehead atoms. The van der Waals surface area contributed by atoms with Gasteiger partial charge in [0.2, 0.25) is 0 Å². The molecule has 0 spiro atoms. The Morgan fingerprint density at radius 1 is 0.700 bits per heavy atom. The average molecular weight is 732 g/mol. The maximum absolute atomic E-state index is 12.6. The Hall–Kier alpha value is -1.29. The molecule has 11 heteroatoms. The lowest BCUT2D eigenvalue weighted by Gasteiger charge is -2.19. The van der Waals surface area contributed by atoms with Crippen molar-refractivity contribution in [3.05, 3.63) is 12.2 Å². The van der Waals surface area contributed by atoms with Gasteiger partial charge >= 0.3 is 19.8 Å². The molecule has 0 aromatic rings. The molecule has 50 heavy (non-hydrogen) atoms. The van der Waals surface area contributed by atoms with Crippen molar-refractivity contribution >= 4 is 19.8 Å². The molecule has 1 aliphatic heterocycles. The topological polar surface area (TPSA) is 147 Å². The first-order valence-corrected chi connectivity index (χ1v) is 21.8. The average Bonchev–Trinajstić information content (AvgIpc) is 3.86. The summed E-state index contributed by atoms with van der Waals surface area (Å²) in [6.45, 7) is 3.68. The molecule has 4 atom stereocenters. The van der Waals surface area contributed by atoms with E-state index in [1.165, 1.54) is 83.5 Å². The summed E-state index contributed by atoms with van der Waals surface area (Å²) >= 11 is 0. The fraction of sp³-hybridized carbons (Fsp3) is 0.897. The summed E-state index contributed by atoms with van der Waals surface area (Å²) in [6.07, 6.45) is 32.5. The molecule has 1 aliphatic rings. The lowest BCUT2D eigenvalue weighted by molar-refractivity contribution is -0.161. The van der Waals surface area contributed by atoms with Gasteiger partial charge in [0.1, 0.15) is 6.61 Å². The fourth-order valence-corrected chi connectivity index (χ4v) is 6.70. The lowest BCUT2D eigenvalue weighted by Crippen LogP contribution is -2.29. The zero-order chi connectivity index (χ0) is 36.5. The number of rotatable bonds is 37.